The van der Waals surface area contributed by atoms with E-state index in [1.807, 2.05) is 0 Å². The smallest absolute Gasteiger partial charge is 0.352 e. The first-order valence-corrected chi connectivity index (χ1v) is 6.15. The normalized spacial score (nSPS) is 10.4. The average molecular weight is 326 g/mol. The van der Waals surface area contributed by atoms with E-state index in [1.165, 1.54) is 36.4 Å². The molecule has 0 aliphatic rings. The number of rotatable bonds is 3. The zero-order chi connectivity index (χ0) is 14.0. The predicted octanol–water partition coefficient (Wildman–Crippen LogP) is 2.50. The van der Waals surface area contributed by atoms with Crippen LogP contribution in [0.3, 0.4) is 0 Å². The van der Waals surface area contributed by atoms with Crippen molar-refractivity contribution >= 4 is 21.9 Å². The molecule has 1 aromatic carbocycles. The molecule has 0 bridgehead atoms. The molecule has 0 fully saturated rings. The predicted molar refractivity (Wildman–Crippen MR) is 70.9 cm³/mol. The first-order valence-electron chi connectivity index (χ1n) is 5.36. The van der Waals surface area contributed by atoms with Crippen LogP contribution in [-0.4, -0.2) is 15.6 Å². The first-order chi connectivity index (χ1) is 8.99. The van der Waals surface area contributed by atoms with Gasteiger partial charge in [-0.15, -0.1) is 0 Å². The summed E-state index contributed by atoms with van der Waals surface area (Å²) in [5, 5.41) is 9.04. The van der Waals surface area contributed by atoms with Gasteiger partial charge >= 0.3 is 5.97 Å². The number of benzene rings is 1. The fourth-order valence-corrected chi connectivity index (χ4v) is 2.12. The van der Waals surface area contributed by atoms with Crippen molar-refractivity contribution in [2.75, 3.05) is 0 Å². The van der Waals surface area contributed by atoms with Crippen LogP contribution in [0.2, 0.25) is 0 Å². The Kier molecular flexibility index (Phi) is 3.80. The third-order valence-electron chi connectivity index (χ3n) is 2.59. The lowest BCUT2D eigenvalue weighted by molar-refractivity contribution is 0.0684. The fraction of sp³-hybridized carbons (Fsp3) is 0.0769. The van der Waals surface area contributed by atoms with Crippen molar-refractivity contribution in [3.63, 3.8) is 0 Å². The summed E-state index contributed by atoms with van der Waals surface area (Å²) < 4.78 is 14.5. The summed E-state index contributed by atoms with van der Waals surface area (Å²) in [7, 11) is 0. The van der Waals surface area contributed by atoms with E-state index in [9.17, 15) is 14.0 Å². The van der Waals surface area contributed by atoms with Crippen LogP contribution < -0.4 is 5.56 Å². The Labute approximate surface area is 116 Å². The Morgan fingerprint density at radius 2 is 2.05 bits per heavy atom. The Morgan fingerprint density at radius 1 is 1.32 bits per heavy atom. The average Bonchev–Trinajstić information content (AvgIpc) is 2.36. The number of pyridine rings is 1. The molecule has 0 saturated carbocycles. The molecule has 0 unspecified atom stereocenters. The fourth-order valence-electron chi connectivity index (χ4n) is 1.69. The van der Waals surface area contributed by atoms with E-state index in [0.29, 0.717) is 5.56 Å². The summed E-state index contributed by atoms with van der Waals surface area (Å²) in [5.74, 6) is -1.60. The highest BCUT2D eigenvalue weighted by molar-refractivity contribution is 9.10. The third-order valence-corrected chi connectivity index (χ3v) is 3.20. The first kappa shape index (κ1) is 13.5. The highest BCUT2D eigenvalue weighted by Gasteiger charge is 2.11. The van der Waals surface area contributed by atoms with Crippen LogP contribution in [0, 0.1) is 5.82 Å². The minimum Gasteiger partial charge on any atom is -0.477 e. The molecule has 19 heavy (non-hydrogen) atoms. The van der Waals surface area contributed by atoms with Crippen molar-refractivity contribution in [2.24, 2.45) is 0 Å². The van der Waals surface area contributed by atoms with Crippen LogP contribution in [0.4, 0.5) is 4.39 Å². The van der Waals surface area contributed by atoms with Crippen molar-refractivity contribution in [2.45, 2.75) is 6.54 Å². The zero-order valence-corrected chi connectivity index (χ0v) is 11.2. The van der Waals surface area contributed by atoms with Gasteiger partial charge in [0, 0.05) is 6.07 Å². The lowest BCUT2D eigenvalue weighted by Gasteiger charge is -2.10. The number of hydrogen-bond acceptors (Lipinski definition) is 2. The van der Waals surface area contributed by atoms with Crippen LogP contribution in [0.15, 0.2) is 45.7 Å². The van der Waals surface area contributed by atoms with Gasteiger partial charge < -0.3 is 5.11 Å². The molecule has 6 heteroatoms. The van der Waals surface area contributed by atoms with Gasteiger partial charge in [-0.2, -0.15) is 0 Å². The number of hydrogen-bond donors (Lipinski definition) is 1. The number of aromatic nitrogens is 1. The Balaban J connectivity index is 2.46. The van der Waals surface area contributed by atoms with Gasteiger partial charge in [0.05, 0.1) is 11.0 Å². The van der Waals surface area contributed by atoms with Crippen LogP contribution in [0.5, 0.6) is 0 Å². The topological polar surface area (TPSA) is 59.3 Å². The molecule has 0 amide bonds. The largest absolute Gasteiger partial charge is 0.477 e. The van der Waals surface area contributed by atoms with Crippen LogP contribution >= 0.6 is 15.9 Å². The molecule has 98 valence electrons. The lowest BCUT2D eigenvalue weighted by atomic mass is 10.2. The van der Waals surface area contributed by atoms with Gasteiger partial charge in [-0.25, -0.2) is 9.18 Å². The summed E-state index contributed by atoms with van der Waals surface area (Å²) >= 11 is 3.05. The van der Waals surface area contributed by atoms with Gasteiger partial charge in [-0.05, 0) is 39.7 Å². The maximum absolute atomic E-state index is 13.1. The summed E-state index contributed by atoms with van der Waals surface area (Å²) in [6.07, 6.45) is 0. The zero-order valence-electron chi connectivity index (χ0n) is 9.64. The quantitative estimate of drug-likeness (QED) is 0.943. The van der Waals surface area contributed by atoms with Crippen LogP contribution in [0.25, 0.3) is 0 Å². The van der Waals surface area contributed by atoms with E-state index in [-0.39, 0.29) is 16.7 Å². The molecule has 2 aromatic rings. The maximum Gasteiger partial charge on any atom is 0.352 e. The van der Waals surface area contributed by atoms with Crippen molar-refractivity contribution < 1.29 is 14.3 Å². The van der Waals surface area contributed by atoms with Gasteiger partial charge in [-0.1, -0.05) is 12.1 Å². The van der Waals surface area contributed by atoms with Gasteiger partial charge in [0.15, 0.2) is 0 Å². The third kappa shape index (κ3) is 2.90. The van der Waals surface area contributed by atoms with Crippen molar-refractivity contribution in [1.29, 1.82) is 0 Å². The van der Waals surface area contributed by atoms with Crippen LogP contribution in [-0.2, 0) is 6.54 Å². The SMILES string of the molecule is O=C(O)c1cccc(=O)n1Cc1ccc(F)c(Br)c1. The summed E-state index contributed by atoms with van der Waals surface area (Å²) in [5.41, 5.74) is 0.109. The number of carboxylic acids is 1. The molecule has 4 nitrogen and oxygen atoms in total. The number of halogens is 2. The van der Waals surface area contributed by atoms with E-state index in [4.69, 9.17) is 5.11 Å². The van der Waals surface area contributed by atoms with Gasteiger partial charge in [0.1, 0.15) is 11.5 Å². The van der Waals surface area contributed by atoms with E-state index >= 15 is 0 Å². The van der Waals surface area contributed by atoms with Gasteiger partial charge in [0.25, 0.3) is 5.56 Å². The molecule has 0 aliphatic carbocycles. The lowest BCUT2D eigenvalue weighted by Crippen LogP contribution is -2.25. The van der Waals surface area contributed by atoms with Gasteiger partial charge in [0.2, 0.25) is 0 Å². The molecule has 0 radical (unpaired) electrons. The molecule has 0 aliphatic heterocycles. The molecule has 1 heterocycles. The van der Waals surface area contributed by atoms with Crippen molar-refractivity contribution in [1.82, 2.24) is 4.57 Å². The molecule has 1 N–H and O–H groups in total. The minimum atomic E-state index is -1.18. The Bertz CT molecular complexity index is 697. The maximum atomic E-state index is 13.1. The van der Waals surface area contributed by atoms with E-state index < -0.39 is 17.3 Å². The highest BCUT2D eigenvalue weighted by atomic mass is 79.9. The van der Waals surface area contributed by atoms with E-state index in [0.717, 1.165) is 4.57 Å². The molecule has 0 spiro atoms. The Morgan fingerprint density at radius 3 is 2.68 bits per heavy atom. The summed E-state index contributed by atoms with van der Waals surface area (Å²) in [4.78, 5) is 22.8. The summed E-state index contributed by atoms with van der Waals surface area (Å²) in [6.45, 7) is 0.0696. The minimum absolute atomic E-state index is 0.0696. The standard InChI is InChI=1S/C13H9BrFNO3/c14-9-6-8(4-5-10(9)15)7-16-11(13(18)19)2-1-3-12(16)17/h1-6H,7H2,(H,18,19). The molecule has 0 saturated heterocycles. The number of carboxylic acid groups (broad SMARTS) is 1. The number of carbonyl (C=O) groups is 1. The van der Waals surface area contributed by atoms with Crippen molar-refractivity contribution in [3.05, 3.63) is 68.3 Å². The molecule has 0 atom stereocenters. The van der Waals surface area contributed by atoms with Gasteiger partial charge in [-0.3, -0.25) is 9.36 Å². The monoisotopic (exact) mass is 325 g/mol. The second-order valence-corrected chi connectivity index (χ2v) is 4.74. The number of aromatic carboxylic acids is 1. The number of nitrogens with zero attached hydrogens (tertiary/aromatic N) is 1. The second-order valence-electron chi connectivity index (χ2n) is 3.89. The van der Waals surface area contributed by atoms with Crippen LogP contribution in [0.1, 0.15) is 16.1 Å². The second kappa shape index (κ2) is 5.36. The molecular formula is C13H9BrFNO3. The molecular weight excluding hydrogens is 317 g/mol. The van der Waals surface area contributed by atoms with Crippen molar-refractivity contribution in [3.8, 4) is 0 Å². The highest BCUT2D eigenvalue weighted by Crippen LogP contribution is 2.17. The summed E-state index contributed by atoms with van der Waals surface area (Å²) in [6, 6.07) is 8.30. The van der Waals surface area contributed by atoms with E-state index in [1.54, 1.807) is 0 Å². The molecule has 1 aromatic heterocycles. The molecule has 2 rings (SSSR count). The van der Waals surface area contributed by atoms with E-state index in [2.05, 4.69) is 15.9 Å². The Hall–Kier alpha value is -1.95.